The van der Waals surface area contributed by atoms with Crippen molar-refractivity contribution in [3.05, 3.63) is 18.2 Å². The van der Waals surface area contributed by atoms with Gasteiger partial charge in [-0.25, -0.2) is 0 Å². The Hall–Kier alpha value is -1.75. The van der Waals surface area contributed by atoms with Crippen LogP contribution in [0.3, 0.4) is 0 Å². The predicted octanol–water partition coefficient (Wildman–Crippen LogP) is 0.989. The number of amides is 1. The first kappa shape index (κ1) is 11.7. The van der Waals surface area contributed by atoms with Crippen LogP contribution in [0, 0.1) is 5.92 Å². The van der Waals surface area contributed by atoms with Gasteiger partial charge < -0.3 is 20.5 Å². The number of nitrogens with two attached hydrogens (primary N) is 1. The van der Waals surface area contributed by atoms with Crippen LogP contribution < -0.4 is 20.5 Å². The number of carbonyl (C=O) groups is 1. The molecule has 2 atom stereocenters. The van der Waals surface area contributed by atoms with E-state index < -0.39 is 0 Å². The molecule has 1 fully saturated rings. The van der Waals surface area contributed by atoms with Gasteiger partial charge in [0, 0.05) is 12.1 Å². The summed E-state index contributed by atoms with van der Waals surface area (Å²) in [5, 5.41) is 2.80. The van der Waals surface area contributed by atoms with Gasteiger partial charge in [-0.3, -0.25) is 4.79 Å². The average Bonchev–Trinajstić information content (AvgIpc) is 3.06. The Labute approximate surface area is 99.9 Å². The van der Waals surface area contributed by atoms with Gasteiger partial charge in [0.05, 0.1) is 25.8 Å². The zero-order valence-electron chi connectivity index (χ0n) is 9.90. The summed E-state index contributed by atoms with van der Waals surface area (Å²) >= 11 is 0. The molecule has 1 aromatic carbocycles. The molecule has 2 rings (SSSR count). The van der Waals surface area contributed by atoms with E-state index >= 15 is 0 Å². The van der Waals surface area contributed by atoms with Crippen LogP contribution in [-0.2, 0) is 4.79 Å². The summed E-state index contributed by atoms with van der Waals surface area (Å²) < 4.78 is 10.3. The molecule has 1 amide bonds. The molecule has 0 aromatic heterocycles. The molecule has 1 saturated carbocycles. The summed E-state index contributed by atoms with van der Waals surface area (Å²) in [6.45, 7) is 0. The average molecular weight is 236 g/mol. The molecule has 0 aliphatic heterocycles. The lowest BCUT2D eigenvalue weighted by Crippen LogP contribution is -2.18. The molecule has 0 saturated heterocycles. The number of rotatable bonds is 4. The zero-order valence-corrected chi connectivity index (χ0v) is 9.90. The van der Waals surface area contributed by atoms with Gasteiger partial charge in [0.2, 0.25) is 5.91 Å². The van der Waals surface area contributed by atoms with Crippen molar-refractivity contribution >= 4 is 11.6 Å². The molecular weight excluding hydrogens is 220 g/mol. The van der Waals surface area contributed by atoms with Gasteiger partial charge in [0.25, 0.3) is 0 Å². The number of anilines is 1. The van der Waals surface area contributed by atoms with Gasteiger partial charge in [-0.2, -0.15) is 0 Å². The molecule has 1 aromatic rings. The van der Waals surface area contributed by atoms with Crippen LogP contribution >= 0.6 is 0 Å². The topological polar surface area (TPSA) is 73.6 Å². The van der Waals surface area contributed by atoms with E-state index in [4.69, 9.17) is 15.2 Å². The van der Waals surface area contributed by atoms with Gasteiger partial charge in [0.1, 0.15) is 11.5 Å². The monoisotopic (exact) mass is 236 g/mol. The van der Waals surface area contributed by atoms with Gasteiger partial charge in [0.15, 0.2) is 0 Å². The number of methoxy groups -OCH3 is 2. The predicted molar refractivity (Wildman–Crippen MR) is 64.3 cm³/mol. The first-order valence-corrected chi connectivity index (χ1v) is 5.44. The number of carbonyl (C=O) groups excluding carboxylic acids is 1. The second-order valence-corrected chi connectivity index (χ2v) is 4.06. The second-order valence-electron chi connectivity index (χ2n) is 4.06. The summed E-state index contributed by atoms with van der Waals surface area (Å²) in [5.41, 5.74) is 6.24. The molecule has 3 N–H and O–H groups in total. The SMILES string of the molecule is COc1ccc(OC)c(NC(=O)C2CC2N)c1. The van der Waals surface area contributed by atoms with Crippen molar-refractivity contribution in [3.63, 3.8) is 0 Å². The molecule has 0 heterocycles. The quantitative estimate of drug-likeness (QED) is 0.817. The first-order valence-electron chi connectivity index (χ1n) is 5.44. The fourth-order valence-electron chi connectivity index (χ4n) is 1.65. The maximum Gasteiger partial charge on any atom is 0.229 e. The molecule has 0 spiro atoms. The van der Waals surface area contributed by atoms with Crippen molar-refractivity contribution in [2.24, 2.45) is 11.7 Å². The first-order chi connectivity index (χ1) is 8.15. The van der Waals surface area contributed by atoms with Crippen LogP contribution in [0.1, 0.15) is 6.42 Å². The Bertz CT molecular complexity index is 434. The van der Waals surface area contributed by atoms with Crippen molar-refractivity contribution in [1.29, 1.82) is 0 Å². The minimum absolute atomic E-state index is 0.00778. The van der Waals surface area contributed by atoms with Crippen LogP contribution in [0.15, 0.2) is 18.2 Å². The van der Waals surface area contributed by atoms with Crippen LogP contribution in [0.2, 0.25) is 0 Å². The molecule has 0 bridgehead atoms. The fraction of sp³-hybridized carbons (Fsp3) is 0.417. The molecule has 1 aliphatic carbocycles. The Morgan fingerprint density at radius 1 is 1.41 bits per heavy atom. The minimum atomic E-state index is -0.0779. The van der Waals surface area contributed by atoms with Gasteiger partial charge in [-0.05, 0) is 18.6 Å². The van der Waals surface area contributed by atoms with Crippen LogP contribution in [0.5, 0.6) is 11.5 Å². The molecule has 5 heteroatoms. The normalized spacial score (nSPS) is 21.8. The lowest BCUT2D eigenvalue weighted by atomic mass is 10.2. The number of ether oxygens (including phenoxy) is 2. The maximum absolute atomic E-state index is 11.8. The van der Waals surface area contributed by atoms with E-state index in [-0.39, 0.29) is 17.9 Å². The summed E-state index contributed by atoms with van der Waals surface area (Å²) in [4.78, 5) is 11.8. The van der Waals surface area contributed by atoms with Crippen LogP contribution in [0.4, 0.5) is 5.69 Å². The Balaban J connectivity index is 2.15. The highest BCUT2D eigenvalue weighted by Crippen LogP contribution is 2.33. The van der Waals surface area contributed by atoms with Crippen molar-refractivity contribution < 1.29 is 14.3 Å². The third kappa shape index (κ3) is 2.50. The Kier molecular flexibility index (Phi) is 3.19. The highest BCUT2D eigenvalue weighted by Gasteiger charge is 2.40. The van der Waals surface area contributed by atoms with Crippen LogP contribution in [0.25, 0.3) is 0 Å². The molecule has 5 nitrogen and oxygen atoms in total. The lowest BCUT2D eigenvalue weighted by Gasteiger charge is -2.11. The number of hydrogen-bond donors (Lipinski definition) is 2. The molecule has 0 radical (unpaired) electrons. The van der Waals surface area contributed by atoms with Gasteiger partial charge in [-0.15, -0.1) is 0 Å². The van der Waals surface area contributed by atoms with E-state index in [9.17, 15) is 4.79 Å². The van der Waals surface area contributed by atoms with E-state index in [0.717, 1.165) is 6.42 Å². The zero-order chi connectivity index (χ0) is 12.4. The third-order valence-corrected chi connectivity index (χ3v) is 2.84. The standard InChI is InChI=1S/C12H16N2O3/c1-16-7-3-4-11(17-2)10(5-7)14-12(15)8-6-9(8)13/h3-5,8-9H,6,13H2,1-2H3,(H,14,15). The smallest absolute Gasteiger partial charge is 0.229 e. The van der Waals surface area contributed by atoms with E-state index in [1.165, 1.54) is 0 Å². The molecular formula is C12H16N2O3. The Morgan fingerprint density at radius 3 is 2.65 bits per heavy atom. The van der Waals surface area contributed by atoms with E-state index in [2.05, 4.69) is 5.32 Å². The van der Waals surface area contributed by atoms with Crippen molar-refractivity contribution in [2.75, 3.05) is 19.5 Å². The van der Waals surface area contributed by atoms with Gasteiger partial charge in [-0.1, -0.05) is 0 Å². The highest BCUT2D eigenvalue weighted by atomic mass is 16.5. The Morgan fingerprint density at radius 2 is 2.12 bits per heavy atom. The van der Waals surface area contributed by atoms with Gasteiger partial charge >= 0.3 is 0 Å². The minimum Gasteiger partial charge on any atom is -0.497 e. The second kappa shape index (κ2) is 4.63. The summed E-state index contributed by atoms with van der Waals surface area (Å²) in [6, 6.07) is 5.25. The van der Waals surface area contributed by atoms with Crippen molar-refractivity contribution in [3.8, 4) is 11.5 Å². The number of benzene rings is 1. The summed E-state index contributed by atoms with van der Waals surface area (Å²) in [7, 11) is 3.13. The number of hydrogen-bond acceptors (Lipinski definition) is 4. The molecule has 1 aliphatic rings. The molecule has 92 valence electrons. The fourth-order valence-corrected chi connectivity index (χ4v) is 1.65. The summed E-state index contributed by atoms with van der Waals surface area (Å²) in [6.07, 6.45) is 0.748. The maximum atomic E-state index is 11.8. The van der Waals surface area contributed by atoms with E-state index in [1.54, 1.807) is 32.4 Å². The van der Waals surface area contributed by atoms with E-state index in [0.29, 0.717) is 17.2 Å². The van der Waals surface area contributed by atoms with Crippen LogP contribution in [-0.4, -0.2) is 26.2 Å². The molecule has 17 heavy (non-hydrogen) atoms. The highest BCUT2D eigenvalue weighted by molar-refractivity contribution is 5.96. The number of nitrogens with one attached hydrogen (secondary N) is 1. The van der Waals surface area contributed by atoms with E-state index in [1.807, 2.05) is 0 Å². The van der Waals surface area contributed by atoms with Crippen molar-refractivity contribution in [2.45, 2.75) is 12.5 Å². The third-order valence-electron chi connectivity index (χ3n) is 2.84. The lowest BCUT2D eigenvalue weighted by molar-refractivity contribution is -0.117. The molecule has 2 unspecified atom stereocenters. The van der Waals surface area contributed by atoms with Crippen molar-refractivity contribution in [1.82, 2.24) is 0 Å². The largest absolute Gasteiger partial charge is 0.497 e. The summed E-state index contributed by atoms with van der Waals surface area (Å²) in [5.74, 6) is 1.13.